The van der Waals surface area contributed by atoms with Crippen LogP contribution < -0.4 is 10.6 Å². The lowest BCUT2D eigenvalue weighted by molar-refractivity contribution is 0.526. The zero-order chi connectivity index (χ0) is 15.1. The molecule has 0 saturated carbocycles. The summed E-state index contributed by atoms with van der Waals surface area (Å²) in [4.78, 5) is 8.71. The van der Waals surface area contributed by atoms with E-state index in [1.807, 2.05) is 30.3 Å². The predicted molar refractivity (Wildman–Crippen MR) is 88.9 cm³/mol. The summed E-state index contributed by atoms with van der Waals surface area (Å²) < 4.78 is 0. The third kappa shape index (κ3) is 5.42. The van der Waals surface area contributed by atoms with Crippen molar-refractivity contribution in [1.82, 2.24) is 9.97 Å². The van der Waals surface area contributed by atoms with Gasteiger partial charge in [-0.15, -0.1) is 0 Å². The molecule has 1 atom stereocenters. The summed E-state index contributed by atoms with van der Waals surface area (Å²) in [7, 11) is 0. The van der Waals surface area contributed by atoms with Crippen LogP contribution in [-0.4, -0.2) is 16.0 Å². The highest BCUT2D eigenvalue weighted by molar-refractivity contribution is 5.57. The summed E-state index contributed by atoms with van der Waals surface area (Å²) in [5.74, 6) is 1.41. The summed E-state index contributed by atoms with van der Waals surface area (Å²) in [6.45, 7) is 6.66. The Balaban J connectivity index is 1.87. The number of hydrogen-bond acceptors (Lipinski definition) is 4. The van der Waals surface area contributed by atoms with Crippen molar-refractivity contribution in [2.75, 3.05) is 10.6 Å². The number of para-hydroxylation sites is 1. The number of anilines is 3. The van der Waals surface area contributed by atoms with Crippen LogP contribution in [0.1, 0.15) is 33.6 Å². The molecule has 0 aliphatic heterocycles. The first-order valence-corrected chi connectivity index (χ1v) is 7.54. The minimum Gasteiger partial charge on any atom is -0.353 e. The molecule has 1 unspecified atom stereocenters. The lowest BCUT2D eigenvalue weighted by atomic mass is 10.0. The number of benzene rings is 1. The molecule has 0 saturated heterocycles. The second-order valence-corrected chi connectivity index (χ2v) is 5.80. The first-order valence-electron chi connectivity index (χ1n) is 7.54. The average molecular weight is 284 g/mol. The molecule has 1 aromatic heterocycles. The lowest BCUT2D eigenvalue weighted by Gasteiger charge is -2.15. The highest BCUT2D eigenvalue weighted by atomic mass is 15.1. The van der Waals surface area contributed by atoms with Crippen molar-refractivity contribution >= 4 is 17.3 Å². The van der Waals surface area contributed by atoms with Gasteiger partial charge in [-0.05, 0) is 37.8 Å². The Kier molecular flexibility index (Phi) is 5.55. The molecular weight excluding hydrogens is 260 g/mol. The standard InChI is InChI=1S/C17H24N4/c1-13(2)9-10-14(3)20-17-18-11-16(12-19-17)21-15-7-5-4-6-8-15/h4-8,11-14,21H,9-10H2,1-3H3,(H,18,19,20). The van der Waals surface area contributed by atoms with Gasteiger partial charge in [0.1, 0.15) is 0 Å². The zero-order valence-electron chi connectivity index (χ0n) is 13.0. The van der Waals surface area contributed by atoms with Gasteiger partial charge in [0.2, 0.25) is 5.95 Å². The van der Waals surface area contributed by atoms with Gasteiger partial charge >= 0.3 is 0 Å². The highest BCUT2D eigenvalue weighted by Crippen LogP contribution is 2.15. The quantitative estimate of drug-likeness (QED) is 0.788. The van der Waals surface area contributed by atoms with Crippen molar-refractivity contribution < 1.29 is 0 Å². The highest BCUT2D eigenvalue weighted by Gasteiger charge is 2.05. The molecule has 0 aliphatic carbocycles. The number of aromatic nitrogens is 2. The van der Waals surface area contributed by atoms with Crippen LogP contribution in [0.3, 0.4) is 0 Å². The fourth-order valence-corrected chi connectivity index (χ4v) is 2.03. The summed E-state index contributed by atoms with van der Waals surface area (Å²) in [5, 5.41) is 6.61. The molecular formula is C17H24N4. The van der Waals surface area contributed by atoms with Crippen LogP contribution in [-0.2, 0) is 0 Å². The third-order valence-electron chi connectivity index (χ3n) is 3.27. The van der Waals surface area contributed by atoms with E-state index in [-0.39, 0.29) is 0 Å². The Morgan fingerprint density at radius 3 is 2.19 bits per heavy atom. The molecule has 0 aliphatic rings. The van der Waals surface area contributed by atoms with E-state index < -0.39 is 0 Å². The molecule has 1 heterocycles. The Labute approximate surface area is 127 Å². The van der Waals surface area contributed by atoms with Gasteiger partial charge in [0.05, 0.1) is 18.1 Å². The third-order valence-corrected chi connectivity index (χ3v) is 3.27. The summed E-state index contributed by atoms with van der Waals surface area (Å²) in [6, 6.07) is 10.4. The summed E-state index contributed by atoms with van der Waals surface area (Å²) in [6.07, 6.45) is 5.95. The zero-order valence-corrected chi connectivity index (χ0v) is 13.0. The minimum absolute atomic E-state index is 0.389. The Morgan fingerprint density at radius 1 is 0.905 bits per heavy atom. The monoisotopic (exact) mass is 284 g/mol. The maximum Gasteiger partial charge on any atom is 0.222 e. The number of nitrogens with one attached hydrogen (secondary N) is 2. The van der Waals surface area contributed by atoms with Gasteiger partial charge in [-0.1, -0.05) is 32.0 Å². The predicted octanol–water partition coefficient (Wildman–Crippen LogP) is 4.46. The summed E-state index contributed by atoms with van der Waals surface area (Å²) in [5.41, 5.74) is 1.92. The van der Waals surface area contributed by atoms with Crippen LogP contribution >= 0.6 is 0 Å². The van der Waals surface area contributed by atoms with E-state index in [4.69, 9.17) is 0 Å². The van der Waals surface area contributed by atoms with E-state index in [2.05, 4.69) is 41.4 Å². The lowest BCUT2D eigenvalue weighted by Crippen LogP contribution is -2.17. The Bertz CT molecular complexity index is 522. The molecule has 2 aromatic rings. The SMILES string of the molecule is CC(C)CCC(C)Nc1ncc(Nc2ccccc2)cn1. The first-order chi connectivity index (χ1) is 10.1. The van der Waals surface area contributed by atoms with Crippen molar-refractivity contribution in [2.45, 2.75) is 39.7 Å². The molecule has 0 spiro atoms. The van der Waals surface area contributed by atoms with Gasteiger partial charge in [-0.25, -0.2) is 9.97 Å². The van der Waals surface area contributed by atoms with E-state index in [1.165, 1.54) is 6.42 Å². The van der Waals surface area contributed by atoms with Crippen molar-refractivity contribution in [2.24, 2.45) is 5.92 Å². The Hall–Kier alpha value is -2.10. The molecule has 0 bridgehead atoms. The molecule has 0 fully saturated rings. The number of hydrogen-bond donors (Lipinski definition) is 2. The van der Waals surface area contributed by atoms with Gasteiger partial charge in [0.25, 0.3) is 0 Å². The topological polar surface area (TPSA) is 49.8 Å². The van der Waals surface area contributed by atoms with Crippen LogP contribution in [0.5, 0.6) is 0 Å². The first kappa shape index (κ1) is 15.3. The van der Waals surface area contributed by atoms with E-state index in [1.54, 1.807) is 12.4 Å². The molecule has 4 heteroatoms. The molecule has 1 aromatic carbocycles. The van der Waals surface area contributed by atoms with Crippen molar-refractivity contribution in [3.05, 3.63) is 42.7 Å². The minimum atomic E-state index is 0.389. The van der Waals surface area contributed by atoms with Crippen LogP contribution in [0, 0.1) is 5.92 Å². The van der Waals surface area contributed by atoms with Gasteiger partial charge in [0.15, 0.2) is 0 Å². The molecule has 112 valence electrons. The van der Waals surface area contributed by atoms with Gasteiger partial charge in [-0.3, -0.25) is 0 Å². The second-order valence-electron chi connectivity index (χ2n) is 5.80. The largest absolute Gasteiger partial charge is 0.353 e. The normalized spacial score (nSPS) is 12.2. The smallest absolute Gasteiger partial charge is 0.222 e. The molecule has 21 heavy (non-hydrogen) atoms. The van der Waals surface area contributed by atoms with Gasteiger partial charge in [-0.2, -0.15) is 0 Å². The number of nitrogens with zero attached hydrogens (tertiary/aromatic N) is 2. The molecule has 4 nitrogen and oxygen atoms in total. The van der Waals surface area contributed by atoms with E-state index >= 15 is 0 Å². The average Bonchev–Trinajstić information content (AvgIpc) is 2.48. The van der Waals surface area contributed by atoms with E-state index in [0.717, 1.165) is 23.7 Å². The van der Waals surface area contributed by atoms with Gasteiger partial charge < -0.3 is 10.6 Å². The van der Waals surface area contributed by atoms with Crippen LogP contribution in [0.2, 0.25) is 0 Å². The summed E-state index contributed by atoms with van der Waals surface area (Å²) >= 11 is 0. The Morgan fingerprint density at radius 2 is 1.57 bits per heavy atom. The van der Waals surface area contributed by atoms with Crippen LogP contribution in [0.15, 0.2) is 42.7 Å². The fraction of sp³-hybridized carbons (Fsp3) is 0.412. The molecule has 0 radical (unpaired) electrons. The van der Waals surface area contributed by atoms with E-state index in [0.29, 0.717) is 12.0 Å². The van der Waals surface area contributed by atoms with Crippen molar-refractivity contribution in [3.63, 3.8) is 0 Å². The van der Waals surface area contributed by atoms with Crippen molar-refractivity contribution in [1.29, 1.82) is 0 Å². The van der Waals surface area contributed by atoms with Crippen LogP contribution in [0.4, 0.5) is 17.3 Å². The van der Waals surface area contributed by atoms with E-state index in [9.17, 15) is 0 Å². The molecule has 0 amide bonds. The fourth-order valence-electron chi connectivity index (χ4n) is 2.03. The molecule has 2 rings (SSSR count). The maximum atomic E-state index is 4.36. The van der Waals surface area contributed by atoms with Crippen molar-refractivity contribution in [3.8, 4) is 0 Å². The maximum absolute atomic E-state index is 4.36. The number of rotatable bonds is 7. The van der Waals surface area contributed by atoms with Crippen LogP contribution in [0.25, 0.3) is 0 Å². The molecule has 2 N–H and O–H groups in total. The second kappa shape index (κ2) is 7.62. The van der Waals surface area contributed by atoms with Gasteiger partial charge in [0, 0.05) is 11.7 Å².